The second-order valence-electron chi connectivity index (χ2n) is 8.10. The van der Waals surface area contributed by atoms with Crippen LogP contribution in [0.15, 0.2) is 52.9 Å². The zero-order valence-corrected chi connectivity index (χ0v) is 20.9. The molecular weight excluding hydrogens is 464 g/mol. The number of ether oxygens (including phenoxy) is 2. The number of hydrogen-bond acceptors (Lipinski definition) is 7. The van der Waals surface area contributed by atoms with Crippen molar-refractivity contribution >= 4 is 39.3 Å². The Morgan fingerprint density at radius 2 is 1.83 bits per heavy atom. The van der Waals surface area contributed by atoms with E-state index in [2.05, 4.69) is 17.2 Å². The number of unbranched alkanes of at least 4 members (excludes halogenated alkanes) is 3. The van der Waals surface area contributed by atoms with E-state index in [4.69, 9.17) is 13.9 Å². The van der Waals surface area contributed by atoms with Crippen LogP contribution in [0, 0.1) is 6.92 Å². The number of thiazole rings is 1. The Bertz CT molecular complexity index is 1290. The fraction of sp³-hybridized carbons (Fsp3) is 0.296. The Kier molecular flexibility index (Phi) is 7.82. The van der Waals surface area contributed by atoms with Crippen LogP contribution < -0.4 is 10.1 Å². The number of furan rings is 1. The average Bonchev–Trinajstić information content (AvgIpc) is 3.44. The molecule has 4 rings (SSSR count). The highest BCUT2D eigenvalue weighted by atomic mass is 32.1. The lowest BCUT2D eigenvalue weighted by Gasteiger charge is -2.08. The first-order chi connectivity index (χ1) is 17.0. The number of amides is 1. The lowest BCUT2D eigenvalue weighted by atomic mass is 10.1. The zero-order valence-electron chi connectivity index (χ0n) is 20.1. The molecule has 0 saturated carbocycles. The number of carbonyl (C=O) groups excluding carboxylic acids is 2. The number of nitrogens with zero attached hydrogens (tertiary/aromatic N) is 1. The first-order valence-electron chi connectivity index (χ1n) is 11.6. The number of rotatable bonds is 10. The third kappa shape index (κ3) is 5.54. The maximum Gasteiger partial charge on any atom is 0.342 e. The Labute approximate surface area is 208 Å². The van der Waals surface area contributed by atoms with Crippen LogP contribution >= 0.6 is 11.3 Å². The molecule has 0 aliphatic heterocycles. The van der Waals surface area contributed by atoms with Gasteiger partial charge in [0.25, 0.3) is 5.91 Å². The number of esters is 1. The molecule has 0 fully saturated rings. The van der Waals surface area contributed by atoms with E-state index in [1.807, 2.05) is 24.3 Å². The molecule has 4 aromatic rings. The highest BCUT2D eigenvalue weighted by Crippen LogP contribution is 2.40. The van der Waals surface area contributed by atoms with Crippen LogP contribution in [0.25, 0.3) is 20.8 Å². The van der Waals surface area contributed by atoms with E-state index in [0.29, 0.717) is 28.5 Å². The topological polar surface area (TPSA) is 90.7 Å². The van der Waals surface area contributed by atoms with Crippen LogP contribution in [0.3, 0.4) is 0 Å². The van der Waals surface area contributed by atoms with Crippen LogP contribution in [0.1, 0.15) is 59.1 Å². The van der Waals surface area contributed by atoms with E-state index in [-0.39, 0.29) is 17.4 Å². The van der Waals surface area contributed by atoms with E-state index in [1.165, 1.54) is 31.3 Å². The molecule has 1 N–H and O–H groups in total. The molecule has 35 heavy (non-hydrogen) atoms. The summed E-state index contributed by atoms with van der Waals surface area (Å²) in [7, 11) is 1.31. The fourth-order valence-corrected chi connectivity index (χ4v) is 4.77. The van der Waals surface area contributed by atoms with Gasteiger partial charge >= 0.3 is 5.97 Å². The van der Waals surface area contributed by atoms with Crippen LogP contribution in [0.4, 0.5) is 5.88 Å². The zero-order chi connectivity index (χ0) is 24.8. The Morgan fingerprint density at radius 1 is 1.06 bits per heavy atom. The molecule has 0 aliphatic rings. The summed E-state index contributed by atoms with van der Waals surface area (Å²) in [5, 5.41) is 3.37. The van der Waals surface area contributed by atoms with Crippen molar-refractivity contribution in [2.75, 3.05) is 19.0 Å². The molecule has 2 heterocycles. The van der Waals surface area contributed by atoms with Crippen LogP contribution in [-0.4, -0.2) is 30.6 Å². The monoisotopic (exact) mass is 492 g/mol. The predicted molar refractivity (Wildman–Crippen MR) is 137 cm³/mol. The van der Waals surface area contributed by atoms with Crippen molar-refractivity contribution < 1.29 is 23.5 Å². The summed E-state index contributed by atoms with van der Waals surface area (Å²) in [6, 6.07) is 14.6. The Hall–Kier alpha value is -3.65. The number of nitrogens with one attached hydrogen (secondary N) is 1. The van der Waals surface area contributed by atoms with Crippen molar-refractivity contribution in [2.24, 2.45) is 0 Å². The molecule has 0 bridgehead atoms. The average molecular weight is 493 g/mol. The van der Waals surface area contributed by atoms with E-state index in [1.54, 1.807) is 31.2 Å². The number of aryl methyl sites for hydroxylation is 1. The SMILES string of the molecule is CCCCCCOc1ccc(C(=O)Nc2oc(C)c(C(=O)OC)c2-c2nc3ccccc3s2)cc1. The van der Waals surface area contributed by atoms with Gasteiger partial charge in [0.15, 0.2) is 0 Å². The lowest BCUT2D eigenvalue weighted by molar-refractivity contribution is 0.0599. The number of para-hydroxylation sites is 1. The fourth-order valence-electron chi connectivity index (χ4n) is 3.76. The third-order valence-corrected chi connectivity index (χ3v) is 6.65. The van der Waals surface area contributed by atoms with Crippen LogP contribution in [0.5, 0.6) is 5.75 Å². The van der Waals surface area contributed by atoms with Gasteiger partial charge in [-0.25, -0.2) is 9.78 Å². The van der Waals surface area contributed by atoms with E-state index >= 15 is 0 Å². The van der Waals surface area contributed by atoms with Gasteiger partial charge in [0.2, 0.25) is 5.88 Å². The summed E-state index contributed by atoms with van der Waals surface area (Å²) in [5.74, 6) is 0.292. The minimum atomic E-state index is -0.554. The third-order valence-electron chi connectivity index (χ3n) is 5.59. The number of methoxy groups -OCH3 is 1. The molecule has 0 spiro atoms. The summed E-state index contributed by atoms with van der Waals surface area (Å²) in [6.07, 6.45) is 4.53. The lowest BCUT2D eigenvalue weighted by Crippen LogP contribution is -2.12. The molecule has 2 aromatic heterocycles. The first kappa shape index (κ1) is 24.5. The number of carbonyl (C=O) groups is 2. The molecule has 0 atom stereocenters. The highest BCUT2D eigenvalue weighted by Gasteiger charge is 2.29. The second kappa shape index (κ2) is 11.2. The largest absolute Gasteiger partial charge is 0.494 e. The van der Waals surface area contributed by atoms with Gasteiger partial charge in [0.1, 0.15) is 22.1 Å². The van der Waals surface area contributed by atoms with E-state index in [0.717, 1.165) is 28.8 Å². The van der Waals surface area contributed by atoms with Crippen LogP contribution in [0.2, 0.25) is 0 Å². The molecule has 0 unspecified atom stereocenters. The molecule has 0 aliphatic carbocycles. The van der Waals surface area contributed by atoms with Gasteiger partial charge in [-0.3, -0.25) is 10.1 Å². The van der Waals surface area contributed by atoms with Gasteiger partial charge in [-0.15, -0.1) is 11.3 Å². The minimum absolute atomic E-state index is 0.156. The molecule has 1 amide bonds. The van der Waals surface area contributed by atoms with E-state index in [9.17, 15) is 9.59 Å². The number of hydrogen-bond donors (Lipinski definition) is 1. The van der Waals surface area contributed by atoms with Gasteiger partial charge in [-0.05, 0) is 49.7 Å². The quantitative estimate of drug-likeness (QED) is 0.192. The molecule has 8 heteroatoms. The number of benzene rings is 2. The second-order valence-corrected chi connectivity index (χ2v) is 9.13. The summed E-state index contributed by atoms with van der Waals surface area (Å²) < 4.78 is 17.5. The van der Waals surface area contributed by atoms with Crippen molar-refractivity contribution in [2.45, 2.75) is 39.5 Å². The molecule has 182 valence electrons. The summed E-state index contributed by atoms with van der Waals surface area (Å²) in [6.45, 7) is 4.48. The van der Waals surface area contributed by atoms with Crippen molar-refractivity contribution in [3.63, 3.8) is 0 Å². The standard InChI is InChI=1S/C27H28N2O5S/c1-4-5-6-9-16-33-19-14-12-18(13-15-19)24(30)29-25-23(22(17(2)34-25)27(31)32-3)26-28-20-10-7-8-11-21(20)35-26/h7-8,10-15H,4-6,9,16H2,1-3H3,(H,29,30). The maximum absolute atomic E-state index is 13.0. The van der Waals surface area contributed by atoms with E-state index < -0.39 is 5.97 Å². The number of anilines is 1. The Morgan fingerprint density at radius 3 is 2.54 bits per heavy atom. The normalized spacial score (nSPS) is 10.9. The molecule has 0 radical (unpaired) electrons. The van der Waals surface area contributed by atoms with Gasteiger partial charge in [-0.1, -0.05) is 38.3 Å². The van der Waals surface area contributed by atoms with Crippen molar-refractivity contribution in [1.29, 1.82) is 0 Å². The number of fused-ring (bicyclic) bond motifs is 1. The van der Waals surface area contributed by atoms with Crippen molar-refractivity contribution in [3.8, 4) is 16.3 Å². The summed E-state index contributed by atoms with van der Waals surface area (Å²) >= 11 is 1.41. The molecule has 2 aromatic carbocycles. The molecule has 0 saturated heterocycles. The minimum Gasteiger partial charge on any atom is -0.494 e. The molecule has 7 nitrogen and oxygen atoms in total. The maximum atomic E-state index is 13.0. The number of aromatic nitrogens is 1. The predicted octanol–water partition coefficient (Wildman–Crippen LogP) is 6.86. The summed E-state index contributed by atoms with van der Waals surface area (Å²) in [5.41, 5.74) is 1.89. The van der Waals surface area contributed by atoms with Gasteiger partial charge in [0.05, 0.1) is 29.5 Å². The van der Waals surface area contributed by atoms with Gasteiger partial charge in [-0.2, -0.15) is 0 Å². The Balaban J connectivity index is 1.57. The van der Waals surface area contributed by atoms with Crippen molar-refractivity contribution in [3.05, 3.63) is 65.4 Å². The highest BCUT2D eigenvalue weighted by molar-refractivity contribution is 7.21. The van der Waals surface area contributed by atoms with Crippen LogP contribution in [-0.2, 0) is 4.74 Å². The smallest absolute Gasteiger partial charge is 0.342 e. The molecular formula is C27H28N2O5S. The van der Waals surface area contributed by atoms with Gasteiger partial charge in [0, 0.05) is 5.56 Å². The van der Waals surface area contributed by atoms with Gasteiger partial charge < -0.3 is 13.9 Å². The van der Waals surface area contributed by atoms with Crippen molar-refractivity contribution in [1.82, 2.24) is 4.98 Å². The summed E-state index contributed by atoms with van der Waals surface area (Å²) in [4.78, 5) is 30.2. The first-order valence-corrected chi connectivity index (χ1v) is 12.4.